The first kappa shape index (κ1) is 11.5. The summed E-state index contributed by atoms with van der Waals surface area (Å²) >= 11 is 5.87. The van der Waals surface area contributed by atoms with Crippen LogP contribution in [0, 0.1) is 0 Å². The van der Waals surface area contributed by atoms with Crippen molar-refractivity contribution in [3.8, 4) is 0 Å². The Labute approximate surface area is 110 Å². The predicted octanol–water partition coefficient (Wildman–Crippen LogP) is 3.66. The van der Waals surface area contributed by atoms with Gasteiger partial charge in [-0.3, -0.25) is 4.79 Å². The molecule has 0 N–H and O–H groups in total. The second kappa shape index (κ2) is 4.56. The first-order valence-corrected chi connectivity index (χ1v) is 6.14. The molecule has 18 heavy (non-hydrogen) atoms. The third-order valence-electron chi connectivity index (χ3n) is 2.99. The smallest absolute Gasteiger partial charge is 0.194 e. The SMILES string of the molecule is O=C(c1cccc(Cl)c1)[C@H]1O[C@H]1c1ccccc1. The van der Waals surface area contributed by atoms with Gasteiger partial charge in [0.2, 0.25) is 0 Å². The van der Waals surface area contributed by atoms with E-state index in [9.17, 15) is 4.79 Å². The maximum absolute atomic E-state index is 12.2. The van der Waals surface area contributed by atoms with Crippen LogP contribution in [0.2, 0.25) is 5.02 Å². The van der Waals surface area contributed by atoms with Gasteiger partial charge < -0.3 is 4.74 Å². The van der Waals surface area contributed by atoms with Crippen LogP contribution in [0.5, 0.6) is 0 Å². The van der Waals surface area contributed by atoms with Crippen LogP contribution in [0.25, 0.3) is 0 Å². The highest BCUT2D eigenvalue weighted by molar-refractivity contribution is 6.31. The highest BCUT2D eigenvalue weighted by atomic mass is 35.5. The lowest BCUT2D eigenvalue weighted by molar-refractivity contribution is 0.0953. The number of hydrogen-bond donors (Lipinski definition) is 0. The lowest BCUT2D eigenvalue weighted by Crippen LogP contribution is -2.08. The van der Waals surface area contributed by atoms with E-state index in [1.165, 1.54) is 0 Å². The number of ether oxygens (including phenoxy) is 1. The van der Waals surface area contributed by atoms with E-state index in [0.717, 1.165) is 5.56 Å². The zero-order valence-electron chi connectivity index (χ0n) is 9.55. The second-order valence-corrected chi connectivity index (χ2v) is 4.70. The average molecular weight is 259 g/mol. The number of epoxide rings is 1. The molecule has 3 heteroatoms. The van der Waals surface area contributed by atoms with Gasteiger partial charge >= 0.3 is 0 Å². The molecule has 1 heterocycles. The molecule has 2 aromatic carbocycles. The molecule has 2 nitrogen and oxygen atoms in total. The maximum atomic E-state index is 12.2. The number of benzene rings is 2. The Kier molecular flexibility index (Phi) is 2.90. The summed E-state index contributed by atoms with van der Waals surface area (Å²) in [6, 6.07) is 16.7. The monoisotopic (exact) mass is 258 g/mol. The summed E-state index contributed by atoms with van der Waals surface area (Å²) < 4.78 is 5.47. The average Bonchev–Trinajstić information content (AvgIpc) is 3.19. The number of carbonyl (C=O) groups excluding carboxylic acids is 1. The molecule has 0 saturated carbocycles. The van der Waals surface area contributed by atoms with E-state index in [2.05, 4.69) is 0 Å². The van der Waals surface area contributed by atoms with Crippen molar-refractivity contribution in [3.63, 3.8) is 0 Å². The summed E-state index contributed by atoms with van der Waals surface area (Å²) in [5.41, 5.74) is 1.64. The molecule has 0 bridgehead atoms. The molecule has 0 unspecified atom stereocenters. The van der Waals surface area contributed by atoms with E-state index < -0.39 is 0 Å². The van der Waals surface area contributed by atoms with Crippen molar-refractivity contribution in [3.05, 3.63) is 70.7 Å². The van der Waals surface area contributed by atoms with Crippen molar-refractivity contribution in [2.45, 2.75) is 12.2 Å². The minimum absolute atomic E-state index is 0.00801. The molecule has 0 spiro atoms. The Morgan fingerprint density at radius 1 is 1.06 bits per heavy atom. The van der Waals surface area contributed by atoms with Crippen LogP contribution in [-0.4, -0.2) is 11.9 Å². The van der Waals surface area contributed by atoms with E-state index in [4.69, 9.17) is 16.3 Å². The Morgan fingerprint density at radius 3 is 2.56 bits per heavy atom. The molecule has 90 valence electrons. The van der Waals surface area contributed by atoms with E-state index in [0.29, 0.717) is 10.6 Å². The molecule has 1 fully saturated rings. The zero-order chi connectivity index (χ0) is 12.5. The van der Waals surface area contributed by atoms with Gasteiger partial charge in [-0.25, -0.2) is 0 Å². The maximum Gasteiger partial charge on any atom is 0.194 e. The van der Waals surface area contributed by atoms with Gasteiger partial charge in [0.15, 0.2) is 11.9 Å². The third-order valence-corrected chi connectivity index (χ3v) is 3.22. The Hall–Kier alpha value is -1.64. The number of ketones is 1. The van der Waals surface area contributed by atoms with Gasteiger partial charge in [0.05, 0.1) is 0 Å². The number of carbonyl (C=O) groups is 1. The number of Topliss-reactive ketones (excluding diaryl/α,β-unsaturated/α-hetero) is 1. The molecule has 2 aromatic rings. The van der Waals surface area contributed by atoms with Gasteiger partial charge in [0.1, 0.15) is 6.10 Å². The van der Waals surface area contributed by atoms with Gasteiger partial charge in [-0.2, -0.15) is 0 Å². The van der Waals surface area contributed by atoms with Gasteiger partial charge in [-0.05, 0) is 17.7 Å². The van der Waals surface area contributed by atoms with E-state index in [1.54, 1.807) is 24.3 Å². The summed E-state index contributed by atoms with van der Waals surface area (Å²) in [4.78, 5) is 12.2. The quantitative estimate of drug-likeness (QED) is 0.621. The number of halogens is 1. The lowest BCUT2D eigenvalue weighted by Gasteiger charge is -1.98. The van der Waals surface area contributed by atoms with Crippen molar-refractivity contribution in [2.75, 3.05) is 0 Å². The van der Waals surface area contributed by atoms with Crippen LogP contribution in [0.15, 0.2) is 54.6 Å². The highest BCUT2D eigenvalue weighted by Crippen LogP contribution is 2.40. The molecular weight excluding hydrogens is 248 g/mol. The van der Waals surface area contributed by atoms with Gasteiger partial charge in [-0.15, -0.1) is 0 Å². The standard InChI is InChI=1S/C15H11ClO2/c16-12-8-4-7-11(9-12)13(17)15-14(18-15)10-5-2-1-3-6-10/h1-9,14-15H/t14-,15+/m0/s1. The second-order valence-electron chi connectivity index (χ2n) is 4.26. The molecule has 0 amide bonds. The highest BCUT2D eigenvalue weighted by Gasteiger charge is 2.46. The van der Waals surface area contributed by atoms with Crippen LogP contribution in [0.4, 0.5) is 0 Å². The minimum Gasteiger partial charge on any atom is -0.356 e. The number of rotatable bonds is 3. The topological polar surface area (TPSA) is 29.6 Å². The van der Waals surface area contributed by atoms with Crippen LogP contribution >= 0.6 is 11.6 Å². The Bertz CT molecular complexity index is 580. The van der Waals surface area contributed by atoms with E-state index >= 15 is 0 Å². The van der Waals surface area contributed by atoms with Crippen molar-refractivity contribution < 1.29 is 9.53 Å². The number of hydrogen-bond acceptors (Lipinski definition) is 2. The van der Waals surface area contributed by atoms with Crippen molar-refractivity contribution in [1.29, 1.82) is 0 Å². The summed E-state index contributed by atoms with van der Waals surface area (Å²) in [5.74, 6) is -0.00801. The normalized spacial score (nSPS) is 21.6. The van der Waals surface area contributed by atoms with Gasteiger partial charge in [0.25, 0.3) is 0 Å². The molecule has 0 aliphatic carbocycles. The Morgan fingerprint density at radius 2 is 1.83 bits per heavy atom. The molecule has 1 saturated heterocycles. The van der Waals surface area contributed by atoms with Gasteiger partial charge in [-0.1, -0.05) is 54.1 Å². The van der Waals surface area contributed by atoms with E-state index in [-0.39, 0.29) is 18.0 Å². The largest absolute Gasteiger partial charge is 0.356 e. The van der Waals surface area contributed by atoms with Crippen LogP contribution in [-0.2, 0) is 4.74 Å². The molecular formula is C15H11ClO2. The first-order valence-electron chi connectivity index (χ1n) is 5.76. The van der Waals surface area contributed by atoms with Crippen molar-refractivity contribution >= 4 is 17.4 Å². The van der Waals surface area contributed by atoms with Gasteiger partial charge in [0, 0.05) is 10.6 Å². The molecule has 0 radical (unpaired) electrons. The molecule has 0 aromatic heterocycles. The Balaban J connectivity index is 1.77. The fourth-order valence-electron chi connectivity index (χ4n) is 2.01. The lowest BCUT2D eigenvalue weighted by atomic mass is 10.0. The summed E-state index contributed by atoms with van der Waals surface area (Å²) in [6.45, 7) is 0. The van der Waals surface area contributed by atoms with Crippen molar-refractivity contribution in [1.82, 2.24) is 0 Å². The van der Waals surface area contributed by atoms with Crippen LogP contribution in [0.1, 0.15) is 22.0 Å². The summed E-state index contributed by atoms with van der Waals surface area (Å²) in [5, 5.41) is 0.567. The van der Waals surface area contributed by atoms with Crippen LogP contribution in [0.3, 0.4) is 0 Å². The summed E-state index contributed by atoms with van der Waals surface area (Å²) in [7, 11) is 0. The van der Waals surface area contributed by atoms with Crippen LogP contribution < -0.4 is 0 Å². The molecule has 1 aliphatic rings. The van der Waals surface area contributed by atoms with E-state index in [1.807, 2.05) is 30.3 Å². The molecule has 2 atom stereocenters. The fraction of sp³-hybridized carbons (Fsp3) is 0.133. The molecule has 1 aliphatic heterocycles. The van der Waals surface area contributed by atoms with Crippen molar-refractivity contribution in [2.24, 2.45) is 0 Å². The summed E-state index contributed by atoms with van der Waals surface area (Å²) in [6.07, 6.45) is -0.483. The molecule has 3 rings (SSSR count). The predicted molar refractivity (Wildman–Crippen MR) is 69.8 cm³/mol. The third kappa shape index (κ3) is 2.17. The first-order chi connectivity index (χ1) is 8.75. The minimum atomic E-state index is -0.370. The fourth-order valence-corrected chi connectivity index (χ4v) is 2.20. The zero-order valence-corrected chi connectivity index (χ0v) is 10.3.